The number of hydrogen-bond donors (Lipinski definition) is 4. The summed E-state index contributed by atoms with van der Waals surface area (Å²) in [5.74, 6) is 0. The van der Waals surface area contributed by atoms with E-state index < -0.39 is 24.5 Å². The van der Waals surface area contributed by atoms with Crippen molar-refractivity contribution in [2.45, 2.75) is 24.5 Å². The van der Waals surface area contributed by atoms with E-state index in [1.54, 1.807) is 0 Å². The number of aliphatic hydroxyl groups excluding tert-OH is 2. The van der Waals surface area contributed by atoms with Gasteiger partial charge in [-0.2, -0.15) is 0 Å². The van der Waals surface area contributed by atoms with Crippen LogP contribution in [-0.2, 0) is 4.74 Å². The topological polar surface area (TPSA) is 139 Å². The van der Waals surface area contributed by atoms with Crippen LogP contribution in [0.4, 0.5) is 0 Å². The fraction of sp³-hybridized carbons (Fsp3) is 0.500. The Labute approximate surface area is 106 Å². The van der Waals surface area contributed by atoms with Crippen LogP contribution in [0.3, 0.4) is 0 Å². The molecule has 102 valence electrons. The molecule has 1 fully saturated rings. The van der Waals surface area contributed by atoms with Gasteiger partial charge in [0.05, 0.1) is 12.7 Å². The van der Waals surface area contributed by atoms with Crippen LogP contribution in [-0.4, -0.2) is 54.6 Å². The molecule has 0 aromatic carbocycles. The molecule has 0 amide bonds. The number of H-pyrrole nitrogens is 1. The van der Waals surface area contributed by atoms with Crippen LogP contribution in [0.15, 0.2) is 17.4 Å². The van der Waals surface area contributed by atoms with E-state index in [1.165, 1.54) is 17.2 Å². The molecule has 0 unspecified atom stereocenters. The third-order valence-electron chi connectivity index (χ3n) is 3.21. The lowest BCUT2D eigenvalue weighted by Gasteiger charge is -2.16. The van der Waals surface area contributed by atoms with E-state index in [0.29, 0.717) is 0 Å². The van der Waals surface area contributed by atoms with Crippen molar-refractivity contribution in [3.8, 4) is 0 Å². The lowest BCUT2D eigenvalue weighted by molar-refractivity contribution is -0.0322. The molecule has 4 atom stereocenters. The van der Waals surface area contributed by atoms with E-state index in [2.05, 4.69) is 15.0 Å². The standard InChI is InChI=1S/C10H13N5O4/c11-1-4-6(16)7(17)10(19-4)15-3-14-5-8(15)12-2-13-9(5)18/h2-4,6-7,10,16-17H,1,11H2,(H,12,13,18)/t4-,6-,7-,10-/m1/s1. The minimum atomic E-state index is -1.16. The van der Waals surface area contributed by atoms with Gasteiger partial charge >= 0.3 is 0 Å². The predicted octanol–water partition coefficient (Wildman–Crippen LogP) is -2.30. The summed E-state index contributed by atoms with van der Waals surface area (Å²) < 4.78 is 6.88. The van der Waals surface area contributed by atoms with E-state index in [4.69, 9.17) is 10.5 Å². The van der Waals surface area contributed by atoms with Crippen LogP contribution < -0.4 is 11.3 Å². The van der Waals surface area contributed by atoms with Gasteiger partial charge in [0, 0.05) is 6.54 Å². The van der Waals surface area contributed by atoms with Gasteiger partial charge in [-0.05, 0) is 0 Å². The van der Waals surface area contributed by atoms with E-state index >= 15 is 0 Å². The van der Waals surface area contributed by atoms with E-state index in [9.17, 15) is 15.0 Å². The summed E-state index contributed by atoms with van der Waals surface area (Å²) in [7, 11) is 0. The zero-order chi connectivity index (χ0) is 13.6. The molecular weight excluding hydrogens is 254 g/mol. The molecule has 0 aliphatic carbocycles. The second-order valence-electron chi connectivity index (χ2n) is 4.34. The number of aromatic nitrogens is 4. The van der Waals surface area contributed by atoms with Crippen LogP contribution in [0.5, 0.6) is 0 Å². The molecule has 9 nitrogen and oxygen atoms in total. The first-order valence-electron chi connectivity index (χ1n) is 5.75. The van der Waals surface area contributed by atoms with Crippen LogP contribution >= 0.6 is 0 Å². The van der Waals surface area contributed by atoms with Crippen molar-refractivity contribution in [1.82, 2.24) is 19.5 Å². The van der Waals surface area contributed by atoms with Gasteiger partial charge in [0.15, 0.2) is 17.4 Å². The second-order valence-corrected chi connectivity index (χ2v) is 4.34. The van der Waals surface area contributed by atoms with Crippen LogP contribution in [0.2, 0.25) is 0 Å². The first-order valence-corrected chi connectivity index (χ1v) is 5.75. The molecule has 0 spiro atoms. The maximum absolute atomic E-state index is 11.5. The fourth-order valence-corrected chi connectivity index (χ4v) is 2.20. The maximum atomic E-state index is 11.5. The highest BCUT2D eigenvalue weighted by atomic mass is 16.6. The summed E-state index contributed by atoms with van der Waals surface area (Å²) in [6, 6.07) is 0. The van der Waals surface area contributed by atoms with Crippen molar-refractivity contribution in [1.29, 1.82) is 0 Å². The predicted molar refractivity (Wildman–Crippen MR) is 63.1 cm³/mol. The van der Waals surface area contributed by atoms with E-state index in [0.717, 1.165) is 0 Å². The average Bonchev–Trinajstić information content (AvgIpc) is 2.94. The second kappa shape index (κ2) is 4.38. The third-order valence-corrected chi connectivity index (χ3v) is 3.21. The number of hydrogen-bond acceptors (Lipinski definition) is 7. The molecule has 19 heavy (non-hydrogen) atoms. The number of ether oxygens (including phenoxy) is 1. The summed E-state index contributed by atoms with van der Waals surface area (Å²) in [6.45, 7) is 0.0787. The maximum Gasteiger partial charge on any atom is 0.278 e. The summed E-state index contributed by atoms with van der Waals surface area (Å²) >= 11 is 0. The van der Waals surface area contributed by atoms with Crippen molar-refractivity contribution in [2.24, 2.45) is 5.73 Å². The van der Waals surface area contributed by atoms with Crippen molar-refractivity contribution in [3.05, 3.63) is 23.0 Å². The Morgan fingerprint density at radius 1 is 1.42 bits per heavy atom. The van der Waals surface area contributed by atoms with E-state index in [-0.39, 0.29) is 23.3 Å². The number of rotatable bonds is 2. The molecule has 0 saturated carbocycles. The van der Waals surface area contributed by atoms with E-state index in [1.807, 2.05) is 0 Å². The third kappa shape index (κ3) is 1.75. The Bertz CT molecular complexity index is 653. The summed E-state index contributed by atoms with van der Waals surface area (Å²) in [4.78, 5) is 21.9. The number of aliphatic hydroxyl groups is 2. The highest BCUT2D eigenvalue weighted by molar-refractivity contribution is 5.68. The minimum Gasteiger partial charge on any atom is -0.387 e. The monoisotopic (exact) mass is 267 g/mol. The molecule has 5 N–H and O–H groups in total. The molecule has 1 aliphatic rings. The molecule has 0 radical (unpaired) electrons. The number of nitrogens with one attached hydrogen (secondary N) is 1. The van der Waals surface area contributed by atoms with Gasteiger partial charge in [0.1, 0.15) is 18.3 Å². The zero-order valence-electron chi connectivity index (χ0n) is 9.80. The number of fused-ring (bicyclic) bond motifs is 1. The van der Waals surface area contributed by atoms with Crippen LogP contribution in [0.1, 0.15) is 6.23 Å². The van der Waals surface area contributed by atoms with Gasteiger partial charge in [-0.15, -0.1) is 0 Å². The van der Waals surface area contributed by atoms with Gasteiger partial charge in [-0.3, -0.25) is 9.36 Å². The molecule has 1 aliphatic heterocycles. The fourth-order valence-electron chi connectivity index (χ4n) is 2.20. The highest BCUT2D eigenvalue weighted by Gasteiger charge is 2.43. The Kier molecular flexibility index (Phi) is 2.82. The first kappa shape index (κ1) is 12.2. The minimum absolute atomic E-state index is 0.0787. The molecule has 9 heteroatoms. The summed E-state index contributed by atoms with van der Waals surface area (Å²) in [5, 5.41) is 19.7. The Morgan fingerprint density at radius 3 is 2.89 bits per heavy atom. The normalized spacial score (nSPS) is 31.1. The van der Waals surface area contributed by atoms with Gasteiger partial charge in [0.25, 0.3) is 5.56 Å². The summed E-state index contributed by atoms with van der Waals surface area (Å²) in [5.41, 5.74) is 5.48. The van der Waals surface area contributed by atoms with Crippen molar-refractivity contribution < 1.29 is 14.9 Å². The molecule has 2 aromatic heterocycles. The molecule has 0 bridgehead atoms. The van der Waals surface area contributed by atoms with Gasteiger partial charge in [-0.1, -0.05) is 0 Å². The van der Waals surface area contributed by atoms with Crippen LogP contribution in [0.25, 0.3) is 11.2 Å². The van der Waals surface area contributed by atoms with Crippen LogP contribution in [0, 0.1) is 0 Å². The first-order chi connectivity index (χ1) is 9.13. The van der Waals surface area contributed by atoms with Crippen molar-refractivity contribution in [3.63, 3.8) is 0 Å². The quantitative estimate of drug-likeness (QED) is 0.479. The lowest BCUT2D eigenvalue weighted by atomic mass is 10.1. The number of nitrogens with zero attached hydrogens (tertiary/aromatic N) is 3. The van der Waals surface area contributed by atoms with Crippen molar-refractivity contribution >= 4 is 11.2 Å². The Balaban J connectivity index is 2.06. The lowest BCUT2D eigenvalue weighted by Crippen LogP contribution is -2.35. The number of nitrogens with two attached hydrogens (primary N) is 1. The molecule has 3 heterocycles. The molecule has 2 aromatic rings. The number of aromatic amines is 1. The Hall–Kier alpha value is -1.81. The average molecular weight is 267 g/mol. The van der Waals surface area contributed by atoms with Gasteiger partial charge in [-0.25, -0.2) is 9.97 Å². The van der Waals surface area contributed by atoms with Gasteiger partial charge < -0.3 is 25.7 Å². The zero-order valence-corrected chi connectivity index (χ0v) is 9.80. The Morgan fingerprint density at radius 2 is 2.21 bits per heavy atom. The highest BCUT2D eigenvalue weighted by Crippen LogP contribution is 2.30. The molecule has 3 rings (SSSR count). The smallest absolute Gasteiger partial charge is 0.278 e. The van der Waals surface area contributed by atoms with Gasteiger partial charge in [0.2, 0.25) is 0 Å². The molecule has 1 saturated heterocycles. The number of imidazole rings is 1. The SMILES string of the molecule is NC[C@H]1O[C@@H](n2cnc3c(=O)[nH]cnc32)[C@H](O)[C@@H]1O. The largest absolute Gasteiger partial charge is 0.387 e. The summed E-state index contributed by atoms with van der Waals surface area (Å²) in [6.07, 6.45) is -1.21. The van der Waals surface area contributed by atoms with Crippen molar-refractivity contribution in [2.75, 3.05) is 6.54 Å². The molecular formula is C10H13N5O4.